The second-order valence-electron chi connectivity index (χ2n) is 10.4. The maximum Gasteiger partial charge on any atom is 0.260 e. The average molecular weight is 502 g/mol. The van der Waals surface area contributed by atoms with Crippen molar-refractivity contribution in [2.24, 2.45) is 0 Å². The monoisotopic (exact) mass is 501 g/mol. The molecule has 2 saturated heterocycles. The zero-order valence-corrected chi connectivity index (χ0v) is 21.1. The Kier molecular flexibility index (Phi) is 6.24. The summed E-state index contributed by atoms with van der Waals surface area (Å²) in [4.78, 5) is 26.7. The number of carbonyl (C=O) groups is 1. The van der Waals surface area contributed by atoms with Crippen LogP contribution in [0.3, 0.4) is 0 Å². The molecule has 0 saturated carbocycles. The van der Waals surface area contributed by atoms with Gasteiger partial charge < -0.3 is 9.47 Å². The number of H-pyrrole nitrogens is 1. The lowest BCUT2D eigenvalue weighted by Gasteiger charge is -2.40. The van der Waals surface area contributed by atoms with Gasteiger partial charge in [0.05, 0.1) is 11.0 Å². The number of amides is 1. The highest BCUT2D eigenvalue weighted by atomic mass is 19.1. The number of aryl methyl sites for hydroxylation is 1. The van der Waals surface area contributed by atoms with E-state index in [4.69, 9.17) is 4.98 Å². The van der Waals surface area contributed by atoms with Gasteiger partial charge in [-0.1, -0.05) is 12.1 Å². The highest BCUT2D eigenvalue weighted by molar-refractivity contribution is 5.85. The molecule has 6 rings (SSSR count). The quantitative estimate of drug-likeness (QED) is 0.441. The predicted octanol–water partition coefficient (Wildman–Crippen LogP) is 4.30. The van der Waals surface area contributed by atoms with Crippen molar-refractivity contribution in [1.29, 1.82) is 0 Å². The number of halogens is 1. The highest BCUT2D eigenvalue weighted by Crippen LogP contribution is 2.35. The fourth-order valence-electron chi connectivity index (χ4n) is 5.76. The topological polar surface area (TPSA) is 82.9 Å². The zero-order valence-electron chi connectivity index (χ0n) is 21.1. The number of imidazole rings is 1. The maximum atomic E-state index is 15.8. The summed E-state index contributed by atoms with van der Waals surface area (Å²) in [7, 11) is 0. The van der Waals surface area contributed by atoms with E-state index < -0.39 is 5.67 Å². The fraction of sp³-hybridized carbons (Fsp3) is 0.429. The van der Waals surface area contributed by atoms with E-state index in [9.17, 15) is 4.79 Å². The standard InChI is InChI=1S/C28H32FN7O/c1-20-5-6-25-24(18-20)32-26(23-4-2-3-12-30-23)36(25)22-8-14-35(15-9-22)27(37)28(29)10-16-34(17-11-28)19-21-7-13-31-33-21/h2-7,12-13,18,22H,8-11,14-17,19H2,1H3,(H,31,33). The number of pyridine rings is 1. The number of hydrogen-bond acceptors (Lipinski definition) is 5. The van der Waals surface area contributed by atoms with E-state index in [2.05, 4.69) is 49.8 Å². The second-order valence-corrected chi connectivity index (χ2v) is 10.4. The molecule has 0 aliphatic carbocycles. The van der Waals surface area contributed by atoms with E-state index in [1.54, 1.807) is 17.3 Å². The lowest BCUT2D eigenvalue weighted by molar-refractivity contribution is -0.148. The summed E-state index contributed by atoms with van der Waals surface area (Å²) in [5.74, 6) is 0.501. The Morgan fingerprint density at radius 3 is 2.59 bits per heavy atom. The van der Waals surface area contributed by atoms with Gasteiger partial charge >= 0.3 is 0 Å². The van der Waals surface area contributed by atoms with Crippen molar-refractivity contribution in [2.45, 2.75) is 50.9 Å². The normalized spacial score (nSPS) is 18.9. The van der Waals surface area contributed by atoms with Gasteiger partial charge in [-0.05, 0) is 55.7 Å². The molecule has 1 amide bonds. The summed E-state index contributed by atoms with van der Waals surface area (Å²) < 4.78 is 18.1. The molecule has 0 spiro atoms. The molecular weight excluding hydrogens is 469 g/mol. The van der Waals surface area contributed by atoms with Crippen molar-refractivity contribution in [1.82, 2.24) is 34.5 Å². The van der Waals surface area contributed by atoms with Crippen molar-refractivity contribution < 1.29 is 9.18 Å². The molecule has 8 nitrogen and oxygen atoms in total. The average Bonchev–Trinajstić information content (AvgIpc) is 3.58. The number of aromatic nitrogens is 5. The third-order valence-electron chi connectivity index (χ3n) is 7.84. The maximum absolute atomic E-state index is 15.8. The van der Waals surface area contributed by atoms with Crippen molar-refractivity contribution in [3.05, 3.63) is 66.1 Å². The summed E-state index contributed by atoms with van der Waals surface area (Å²) in [6.45, 7) is 4.97. The van der Waals surface area contributed by atoms with E-state index in [-0.39, 0.29) is 24.8 Å². The SMILES string of the molecule is Cc1ccc2c(c1)nc(-c1ccccn1)n2C1CCN(C(=O)C2(F)CCN(Cc3ccn[nH]3)CC2)CC1. The fourth-order valence-corrected chi connectivity index (χ4v) is 5.76. The molecule has 0 unspecified atom stereocenters. The zero-order chi connectivity index (χ0) is 25.4. The second kappa shape index (κ2) is 9.70. The lowest BCUT2D eigenvalue weighted by Crippen LogP contribution is -2.53. The summed E-state index contributed by atoms with van der Waals surface area (Å²) >= 11 is 0. The number of alkyl halides is 1. The summed E-state index contributed by atoms with van der Waals surface area (Å²) in [6, 6.07) is 14.3. The van der Waals surface area contributed by atoms with Crippen LogP contribution in [0.15, 0.2) is 54.9 Å². The molecule has 2 fully saturated rings. The molecule has 0 bridgehead atoms. The molecular formula is C28H32FN7O. The minimum atomic E-state index is -1.78. The van der Waals surface area contributed by atoms with Crippen molar-refractivity contribution in [3.8, 4) is 11.5 Å². The van der Waals surface area contributed by atoms with Crippen LogP contribution in [0.1, 0.15) is 43.0 Å². The number of piperidine rings is 2. The third kappa shape index (κ3) is 4.64. The van der Waals surface area contributed by atoms with Crippen LogP contribution in [-0.4, -0.2) is 72.3 Å². The van der Waals surface area contributed by atoms with Crippen molar-refractivity contribution in [3.63, 3.8) is 0 Å². The summed E-state index contributed by atoms with van der Waals surface area (Å²) in [5, 5.41) is 6.93. The Balaban J connectivity index is 1.15. The Bertz CT molecular complexity index is 1370. The van der Waals surface area contributed by atoms with Gasteiger partial charge in [-0.15, -0.1) is 0 Å². The van der Waals surface area contributed by atoms with Gasteiger partial charge in [-0.25, -0.2) is 9.37 Å². The number of hydrogen-bond donors (Lipinski definition) is 1. The van der Waals surface area contributed by atoms with Crippen LogP contribution in [0.5, 0.6) is 0 Å². The van der Waals surface area contributed by atoms with Crippen LogP contribution in [0, 0.1) is 6.92 Å². The summed E-state index contributed by atoms with van der Waals surface area (Å²) in [6.07, 6.45) is 5.48. The van der Waals surface area contributed by atoms with Crippen LogP contribution in [0.2, 0.25) is 0 Å². The number of nitrogens with zero attached hydrogens (tertiary/aromatic N) is 6. The van der Waals surface area contributed by atoms with E-state index in [0.29, 0.717) is 32.7 Å². The minimum Gasteiger partial charge on any atom is -0.340 e. The molecule has 1 N–H and O–H groups in total. The van der Waals surface area contributed by atoms with E-state index in [1.807, 2.05) is 24.3 Å². The number of likely N-dealkylation sites (tertiary alicyclic amines) is 2. The first-order valence-electron chi connectivity index (χ1n) is 13.1. The molecule has 9 heteroatoms. The molecule has 2 aliphatic heterocycles. The van der Waals surface area contributed by atoms with Gasteiger partial charge in [0.15, 0.2) is 11.5 Å². The molecule has 1 aromatic carbocycles. The molecule has 5 heterocycles. The van der Waals surface area contributed by atoms with Gasteiger partial charge in [0.1, 0.15) is 5.69 Å². The Morgan fingerprint density at radius 1 is 1.08 bits per heavy atom. The first-order chi connectivity index (χ1) is 18.0. The Morgan fingerprint density at radius 2 is 1.89 bits per heavy atom. The third-order valence-corrected chi connectivity index (χ3v) is 7.84. The van der Waals surface area contributed by atoms with Crippen molar-refractivity contribution >= 4 is 16.9 Å². The number of fused-ring (bicyclic) bond motifs is 1. The van der Waals surface area contributed by atoms with Crippen LogP contribution < -0.4 is 0 Å². The van der Waals surface area contributed by atoms with Crippen molar-refractivity contribution in [2.75, 3.05) is 26.2 Å². The Hall–Kier alpha value is -3.59. The number of aromatic amines is 1. The van der Waals surface area contributed by atoms with Crippen LogP contribution >= 0.6 is 0 Å². The summed E-state index contributed by atoms with van der Waals surface area (Å²) in [5.41, 5.74) is 3.24. The van der Waals surface area contributed by atoms with Crippen LogP contribution in [0.25, 0.3) is 22.6 Å². The van der Waals surface area contributed by atoms with Gasteiger partial charge in [0.25, 0.3) is 5.91 Å². The van der Waals surface area contributed by atoms with Gasteiger partial charge in [0.2, 0.25) is 0 Å². The van der Waals surface area contributed by atoms with Gasteiger partial charge in [0, 0.05) is 69.7 Å². The molecule has 0 radical (unpaired) electrons. The van der Waals surface area contributed by atoms with Gasteiger partial charge in [-0.2, -0.15) is 5.10 Å². The van der Waals surface area contributed by atoms with E-state index in [1.165, 1.54) is 0 Å². The number of rotatable bonds is 5. The predicted molar refractivity (Wildman–Crippen MR) is 139 cm³/mol. The first kappa shape index (κ1) is 23.8. The lowest BCUT2D eigenvalue weighted by atomic mass is 9.90. The largest absolute Gasteiger partial charge is 0.340 e. The molecule has 2 aliphatic rings. The number of benzene rings is 1. The van der Waals surface area contributed by atoms with E-state index >= 15 is 4.39 Å². The molecule has 4 aromatic rings. The highest BCUT2D eigenvalue weighted by Gasteiger charge is 2.45. The van der Waals surface area contributed by atoms with E-state index in [0.717, 1.165) is 46.7 Å². The number of nitrogens with one attached hydrogen (secondary N) is 1. The molecule has 3 aromatic heterocycles. The van der Waals surface area contributed by atoms with Crippen LogP contribution in [0.4, 0.5) is 4.39 Å². The minimum absolute atomic E-state index is 0.167. The van der Waals surface area contributed by atoms with Gasteiger partial charge in [-0.3, -0.25) is 19.8 Å². The first-order valence-corrected chi connectivity index (χ1v) is 13.1. The molecule has 37 heavy (non-hydrogen) atoms. The number of carbonyl (C=O) groups excluding carboxylic acids is 1. The van der Waals surface area contributed by atoms with Crippen LogP contribution in [-0.2, 0) is 11.3 Å². The smallest absolute Gasteiger partial charge is 0.260 e. The molecule has 0 atom stereocenters. The molecule has 192 valence electrons. The Labute approximate surface area is 215 Å².